The van der Waals surface area contributed by atoms with Crippen LogP contribution in [0.1, 0.15) is 93.4 Å². The van der Waals surface area contributed by atoms with E-state index >= 15 is 0 Å². The van der Waals surface area contributed by atoms with Crippen molar-refractivity contribution in [3.63, 3.8) is 0 Å². The smallest absolute Gasteiger partial charge is 0.302 e. The molecule has 3 saturated carbocycles. The summed E-state index contributed by atoms with van der Waals surface area (Å²) >= 11 is 0. The lowest BCUT2D eigenvalue weighted by Gasteiger charge is -2.59. The van der Waals surface area contributed by atoms with Crippen LogP contribution in [0.2, 0.25) is 0 Å². The number of carbonyl (C=O) groups excluding carboxylic acids is 1. The van der Waals surface area contributed by atoms with E-state index in [9.17, 15) is 9.90 Å². The minimum Gasteiger partial charge on any atom is -0.463 e. The van der Waals surface area contributed by atoms with Crippen LogP contribution in [-0.2, 0) is 9.53 Å². The number of aliphatic hydroxyl groups is 1. The highest BCUT2D eigenvalue weighted by atomic mass is 16.5. The van der Waals surface area contributed by atoms with Crippen molar-refractivity contribution in [1.29, 1.82) is 0 Å². The molecule has 0 heterocycles. The average Bonchev–Trinajstić information content (AvgIpc) is 3.07. The van der Waals surface area contributed by atoms with E-state index in [4.69, 9.17) is 4.74 Å². The van der Waals surface area contributed by atoms with Crippen molar-refractivity contribution >= 4 is 5.97 Å². The number of hydrogen-bond donors (Lipinski definition) is 1. The van der Waals surface area contributed by atoms with Crippen LogP contribution in [-0.4, -0.2) is 23.3 Å². The van der Waals surface area contributed by atoms with E-state index in [1.54, 1.807) is 5.57 Å². The van der Waals surface area contributed by atoms with E-state index in [1.165, 1.54) is 19.8 Å². The van der Waals surface area contributed by atoms with Gasteiger partial charge >= 0.3 is 5.97 Å². The number of carbonyl (C=O) groups is 1. The van der Waals surface area contributed by atoms with Gasteiger partial charge in [0.1, 0.15) is 6.10 Å². The normalized spacial score (nSPS) is 44.6. The molecule has 0 bridgehead atoms. The molecule has 0 amide bonds. The standard InChI is InChI=1S/C30H48O3/c1-18(2)19(3)8-9-20(4)25-12-13-26-24-11-10-22-16-23(33-21(5)31)14-15-29(22,6)28(24)27(32)17-30(25,26)7/h8-9,11,18-20,22-23,25-28,32H,10,12-17H2,1-7H3/b9-8+/t19-,20+,22-,23+,25+,26-,27-,28+,29-,30+/m0/s1. The molecule has 0 aromatic heterocycles. The molecule has 4 rings (SSSR count). The largest absolute Gasteiger partial charge is 0.463 e. The molecular formula is C30H48O3. The van der Waals surface area contributed by atoms with E-state index in [-0.39, 0.29) is 34.9 Å². The minimum atomic E-state index is -0.262. The maximum absolute atomic E-state index is 11.7. The molecule has 33 heavy (non-hydrogen) atoms. The number of aliphatic hydroxyl groups excluding tert-OH is 1. The maximum atomic E-state index is 11.7. The molecule has 0 aliphatic heterocycles. The monoisotopic (exact) mass is 456 g/mol. The van der Waals surface area contributed by atoms with Crippen LogP contribution in [0, 0.1) is 52.3 Å². The zero-order chi connectivity index (χ0) is 24.1. The second kappa shape index (κ2) is 9.17. The summed E-state index contributed by atoms with van der Waals surface area (Å²) in [4.78, 5) is 11.5. The predicted octanol–water partition coefficient (Wildman–Crippen LogP) is 6.95. The highest BCUT2D eigenvalue weighted by Crippen LogP contribution is 2.66. The van der Waals surface area contributed by atoms with Crippen molar-refractivity contribution in [2.45, 2.75) is 106 Å². The van der Waals surface area contributed by atoms with Gasteiger partial charge in [0.2, 0.25) is 0 Å². The summed E-state index contributed by atoms with van der Waals surface area (Å²) in [6.45, 7) is 15.8. The maximum Gasteiger partial charge on any atom is 0.302 e. The van der Waals surface area contributed by atoms with Crippen LogP contribution in [0.15, 0.2) is 23.8 Å². The third-order valence-corrected chi connectivity index (χ3v) is 10.8. The SMILES string of the molecule is CC(=O)O[C@@H]1CC[C@@]2(C)[C@@H](CC=C3[C@@H]2[C@@H](O)C[C@]2(C)[C@@H]([C@H](C)/C=C/[C@H](C)C(C)C)CC[C@@H]32)C1. The Hall–Kier alpha value is -1.09. The average molecular weight is 457 g/mol. The summed E-state index contributed by atoms with van der Waals surface area (Å²) in [5.74, 6) is 3.70. The number of rotatable bonds is 5. The van der Waals surface area contributed by atoms with E-state index in [2.05, 4.69) is 59.8 Å². The summed E-state index contributed by atoms with van der Waals surface area (Å²) in [6.07, 6.45) is 14.7. The third kappa shape index (κ3) is 4.37. The number of hydrogen-bond acceptors (Lipinski definition) is 3. The second-order valence-electron chi connectivity index (χ2n) is 13.0. The summed E-state index contributed by atoms with van der Waals surface area (Å²) in [5, 5.41) is 11.7. The van der Waals surface area contributed by atoms with Crippen molar-refractivity contribution in [2.75, 3.05) is 0 Å². The molecule has 0 spiro atoms. The molecule has 0 radical (unpaired) electrons. The Balaban J connectivity index is 1.55. The van der Waals surface area contributed by atoms with Crippen molar-refractivity contribution < 1.29 is 14.6 Å². The fraction of sp³-hybridized carbons (Fsp3) is 0.833. The van der Waals surface area contributed by atoms with Crippen LogP contribution < -0.4 is 0 Å². The third-order valence-electron chi connectivity index (χ3n) is 10.8. The zero-order valence-corrected chi connectivity index (χ0v) is 22.1. The molecular weight excluding hydrogens is 408 g/mol. The second-order valence-corrected chi connectivity index (χ2v) is 13.0. The van der Waals surface area contributed by atoms with E-state index < -0.39 is 0 Å². The minimum absolute atomic E-state index is 0.0539. The highest BCUT2D eigenvalue weighted by Gasteiger charge is 2.61. The molecule has 4 aliphatic carbocycles. The van der Waals surface area contributed by atoms with Gasteiger partial charge < -0.3 is 9.84 Å². The topological polar surface area (TPSA) is 46.5 Å². The van der Waals surface area contributed by atoms with Gasteiger partial charge in [-0.05, 0) is 91.3 Å². The zero-order valence-electron chi connectivity index (χ0n) is 22.1. The molecule has 0 aromatic carbocycles. The summed E-state index contributed by atoms with van der Waals surface area (Å²) < 4.78 is 5.60. The van der Waals surface area contributed by atoms with Crippen LogP contribution in [0.5, 0.6) is 0 Å². The quantitative estimate of drug-likeness (QED) is 0.359. The Bertz CT molecular complexity index is 796. The van der Waals surface area contributed by atoms with E-state index in [0.29, 0.717) is 35.5 Å². The Morgan fingerprint density at radius 1 is 1.12 bits per heavy atom. The molecule has 0 unspecified atom stereocenters. The first-order chi connectivity index (χ1) is 15.5. The molecule has 186 valence electrons. The fourth-order valence-corrected chi connectivity index (χ4v) is 8.55. The lowest BCUT2D eigenvalue weighted by molar-refractivity contribution is -0.154. The van der Waals surface area contributed by atoms with Gasteiger partial charge in [-0.15, -0.1) is 0 Å². The Kier molecular flexibility index (Phi) is 6.95. The number of esters is 1. The Morgan fingerprint density at radius 3 is 2.52 bits per heavy atom. The first-order valence-corrected chi connectivity index (χ1v) is 13.7. The van der Waals surface area contributed by atoms with Crippen LogP contribution >= 0.6 is 0 Å². The van der Waals surface area contributed by atoms with Crippen molar-refractivity contribution in [2.24, 2.45) is 52.3 Å². The Labute approximate surface area is 202 Å². The van der Waals surface area contributed by atoms with E-state index in [1.807, 2.05) is 0 Å². The number of fused-ring (bicyclic) bond motifs is 5. The first kappa shape index (κ1) is 25.0. The van der Waals surface area contributed by atoms with Gasteiger partial charge in [0.05, 0.1) is 6.10 Å². The van der Waals surface area contributed by atoms with Crippen LogP contribution in [0.3, 0.4) is 0 Å². The van der Waals surface area contributed by atoms with Crippen molar-refractivity contribution in [3.8, 4) is 0 Å². The molecule has 1 N–H and O–H groups in total. The molecule has 3 heteroatoms. The molecule has 10 atom stereocenters. The molecule has 0 aromatic rings. The van der Waals surface area contributed by atoms with Crippen molar-refractivity contribution in [1.82, 2.24) is 0 Å². The van der Waals surface area contributed by atoms with Crippen molar-refractivity contribution in [3.05, 3.63) is 23.8 Å². The predicted molar refractivity (Wildman–Crippen MR) is 134 cm³/mol. The first-order valence-electron chi connectivity index (χ1n) is 13.7. The molecule has 3 fully saturated rings. The molecule has 0 saturated heterocycles. The highest BCUT2D eigenvalue weighted by molar-refractivity contribution is 5.66. The lowest BCUT2D eigenvalue weighted by atomic mass is 9.47. The van der Waals surface area contributed by atoms with Gasteiger partial charge in [-0.2, -0.15) is 0 Å². The van der Waals surface area contributed by atoms with Gasteiger partial charge in [0.15, 0.2) is 0 Å². The van der Waals surface area contributed by atoms with Gasteiger partial charge in [-0.1, -0.05) is 65.3 Å². The van der Waals surface area contributed by atoms with Crippen LogP contribution in [0.4, 0.5) is 0 Å². The van der Waals surface area contributed by atoms with Gasteiger partial charge in [-0.3, -0.25) is 4.79 Å². The summed E-state index contributed by atoms with van der Waals surface area (Å²) in [5.41, 5.74) is 1.89. The fourth-order valence-electron chi connectivity index (χ4n) is 8.55. The van der Waals surface area contributed by atoms with Gasteiger partial charge in [-0.25, -0.2) is 0 Å². The Morgan fingerprint density at radius 2 is 1.85 bits per heavy atom. The molecule has 4 aliphatic rings. The number of ether oxygens (including phenoxy) is 1. The van der Waals surface area contributed by atoms with Gasteiger partial charge in [0.25, 0.3) is 0 Å². The summed E-state index contributed by atoms with van der Waals surface area (Å²) in [7, 11) is 0. The lowest BCUT2D eigenvalue weighted by Crippen LogP contribution is -2.55. The molecule has 3 nitrogen and oxygen atoms in total. The number of allylic oxidation sites excluding steroid dienone is 3. The van der Waals surface area contributed by atoms with Crippen LogP contribution in [0.25, 0.3) is 0 Å². The summed E-state index contributed by atoms with van der Waals surface area (Å²) in [6, 6.07) is 0. The van der Waals surface area contributed by atoms with Gasteiger partial charge in [0, 0.05) is 12.8 Å². The van der Waals surface area contributed by atoms with E-state index in [0.717, 1.165) is 32.1 Å².